The molecule has 1 amide bonds. The van der Waals surface area contributed by atoms with Gasteiger partial charge in [-0.05, 0) is 72.1 Å². The number of aromatic nitrogens is 1. The third-order valence-corrected chi connectivity index (χ3v) is 7.09. The molecule has 1 aliphatic heterocycles. The highest BCUT2D eigenvalue weighted by Gasteiger charge is 2.35. The van der Waals surface area contributed by atoms with E-state index in [-0.39, 0.29) is 0 Å². The van der Waals surface area contributed by atoms with Crippen molar-refractivity contribution in [3.63, 3.8) is 0 Å². The van der Waals surface area contributed by atoms with Crippen LogP contribution < -0.4 is 20.5 Å². The van der Waals surface area contributed by atoms with E-state index in [0.717, 1.165) is 34.1 Å². The molecule has 4 aromatic rings. The fourth-order valence-corrected chi connectivity index (χ4v) is 5.12. The van der Waals surface area contributed by atoms with E-state index in [2.05, 4.69) is 26.9 Å². The molecule has 210 valence electrons. The lowest BCUT2D eigenvalue weighted by molar-refractivity contribution is 0.135. The van der Waals surface area contributed by atoms with Crippen molar-refractivity contribution in [3.8, 4) is 11.5 Å². The number of amides is 1. The third kappa shape index (κ3) is 6.48. The molecule has 1 atom stereocenters. The van der Waals surface area contributed by atoms with Gasteiger partial charge in [0.25, 0.3) is 0 Å². The van der Waals surface area contributed by atoms with Crippen molar-refractivity contribution in [1.29, 1.82) is 0 Å². The summed E-state index contributed by atoms with van der Waals surface area (Å²) in [6.45, 7) is 4.85. The van der Waals surface area contributed by atoms with Crippen LogP contribution >= 0.6 is 23.2 Å². The molecule has 1 aromatic heterocycles. The van der Waals surface area contributed by atoms with Crippen molar-refractivity contribution < 1.29 is 14.3 Å². The number of aromatic amines is 1. The number of guanidine groups is 1. The first kappa shape index (κ1) is 28.1. The van der Waals surface area contributed by atoms with E-state index >= 15 is 0 Å². The molecule has 3 aromatic carbocycles. The average Bonchev–Trinajstić information content (AvgIpc) is 3.34. The number of ether oxygens (including phenoxy) is 2. The number of rotatable bonds is 7. The molecule has 11 heteroatoms. The second-order valence-electron chi connectivity index (χ2n) is 9.13. The van der Waals surface area contributed by atoms with Crippen molar-refractivity contribution in [1.82, 2.24) is 15.2 Å². The SMILES string of the molecule is C=C/N=C(\N=C/N)NCCOc1ccc(C2c3[nH]c4ccc(Cl)cc4c3CCN2C(=O)Oc2ccc(Cl)cc2)cc1. The number of H-pyrrole nitrogens is 1. The van der Waals surface area contributed by atoms with E-state index in [4.69, 9.17) is 38.4 Å². The lowest BCUT2D eigenvalue weighted by atomic mass is 9.92. The van der Waals surface area contributed by atoms with E-state index in [1.165, 1.54) is 6.20 Å². The van der Waals surface area contributed by atoms with Crippen molar-refractivity contribution in [2.45, 2.75) is 12.5 Å². The van der Waals surface area contributed by atoms with Gasteiger partial charge in [-0.2, -0.15) is 0 Å². The van der Waals surface area contributed by atoms with Gasteiger partial charge in [-0.1, -0.05) is 41.9 Å². The van der Waals surface area contributed by atoms with Gasteiger partial charge < -0.3 is 25.5 Å². The highest BCUT2D eigenvalue weighted by atomic mass is 35.5. The summed E-state index contributed by atoms with van der Waals surface area (Å²) < 4.78 is 11.6. The van der Waals surface area contributed by atoms with Gasteiger partial charge in [-0.25, -0.2) is 14.8 Å². The van der Waals surface area contributed by atoms with Gasteiger partial charge in [0.15, 0.2) is 0 Å². The molecule has 0 spiro atoms. The van der Waals surface area contributed by atoms with E-state index in [0.29, 0.717) is 53.6 Å². The van der Waals surface area contributed by atoms with Crippen LogP contribution in [0.5, 0.6) is 11.5 Å². The van der Waals surface area contributed by atoms with Crippen molar-refractivity contribution in [2.24, 2.45) is 15.7 Å². The van der Waals surface area contributed by atoms with Gasteiger partial charge >= 0.3 is 6.09 Å². The Morgan fingerprint density at radius 1 is 1.10 bits per heavy atom. The van der Waals surface area contributed by atoms with Crippen LogP contribution in [0.4, 0.5) is 4.79 Å². The number of nitrogens with zero attached hydrogens (tertiary/aromatic N) is 3. The Morgan fingerprint density at radius 3 is 2.56 bits per heavy atom. The Morgan fingerprint density at radius 2 is 1.83 bits per heavy atom. The first-order valence-corrected chi connectivity index (χ1v) is 13.7. The fraction of sp³-hybridized carbons (Fsp3) is 0.167. The highest BCUT2D eigenvalue weighted by Crippen LogP contribution is 2.40. The number of nitrogens with one attached hydrogen (secondary N) is 2. The van der Waals surface area contributed by atoms with Gasteiger partial charge in [-0.3, -0.25) is 4.90 Å². The predicted octanol–water partition coefficient (Wildman–Crippen LogP) is 6.08. The number of hydrogen-bond acceptors (Lipinski definition) is 4. The van der Waals surface area contributed by atoms with Crippen LogP contribution in [-0.4, -0.2) is 48.0 Å². The van der Waals surface area contributed by atoms with Crippen LogP contribution in [0, 0.1) is 0 Å². The van der Waals surface area contributed by atoms with Gasteiger partial charge in [0.1, 0.15) is 24.1 Å². The number of carbonyl (C=O) groups excluding carboxylic acids is 1. The van der Waals surface area contributed by atoms with Crippen LogP contribution in [0.1, 0.15) is 22.9 Å². The summed E-state index contributed by atoms with van der Waals surface area (Å²) in [4.78, 5) is 26.6. The van der Waals surface area contributed by atoms with E-state index in [9.17, 15) is 4.79 Å². The fourth-order valence-electron chi connectivity index (χ4n) is 4.83. The van der Waals surface area contributed by atoms with Crippen LogP contribution in [0.2, 0.25) is 10.0 Å². The number of benzene rings is 3. The number of aliphatic imine (C=N–C) groups is 2. The zero-order valence-electron chi connectivity index (χ0n) is 22.0. The molecular weight excluding hydrogens is 563 g/mol. The summed E-state index contributed by atoms with van der Waals surface area (Å²) in [5, 5.41) is 5.30. The minimum Gasteiger partial charge on any atom is -0.492 e. The Labute approximate surface area is 247 Å². The monoisotopic (exact) mass is 590 g/mol. The van der Waals surface area contributed by atoms with E-state index in [1.54, 1.807) is 29.2 Å². The van der Waals surface area contributed by atoms with Crippen LogP contribution in [0.25, 0.3) is 10.9 Å². The first-order valence-electron chi connectivity index (χ1n) is 12.9. The predicted molar refractivity (Wildman–Crippen MR) is 163 cm³/mol. The van der Waals surface area contributed by atoms with E-state index < -0.39 is 12.1 Å². The Balaban J connectivity index is 1.38. The van der Waals surface area contributed by atoms with Gasteiger partial charge in [0.05, 0.1) is 12.9 Å². The summed E-state index contributed by atoms with van der Waals surface area (Å²) in [5.74, 6) is 1.44. The maximum absolute atomic E-state index is 13.5. The number of fused-ring (bicyclic) bond motifs is 3. The summed E-state index contributed by atoms with van der Waals surface area (Å²) in [6, 6.07) is 19.7. The molecular formula is C30H28Cl2N6O3. The summed E-state index contributed by atoms with van der Waals surface area (Å²) >= 11 is 12.3. The minimum absolute atomic E-state index is 0.347. The van der Waals surface area contributed by atoms with Gasteiger partial charge in [0.2, 0.25) is 5.96 Å². The molecule has 0 saturated heterocycles. The van der Waals surface area contributed by atoms with Gasteiger partial charge in [-0.15, -0.1) is 0 Å². The third-order valence-electron chi connectivity index (χ3n) is 6.60. The van der Waals surface area contributed by atoms with Crippen LogP contribution in [-0.2, 0) is 6.42 Å². The minimum atomic E-state index is -0.455. The smallest absolute Gasteiger partial charge is 0.416 e. The Kier molecular flexibility index (Phi) is 8.76. The van der Waals surface area contributed by atoms with Crippen molar-refractivity contribution >= 4 is 52.5 Å². The molecule has 2 heterocycles. The number of carbonyl (C=O) groups is 1. The van der Waals surface area contributed by atoms with Crippen molar-refractivity contribution in [2.75, 3.05) is 19.7 Å². The second-order valence-corrected chi connectivity index (χ2v) is 10.0. The number of hydrogen-bond donors (Lipinski definition) is 3. The van der Waals surface area contributed by atoms with Crippen molar-refractivity contribution in [3.05, 3.63) is 106 Å². The second kappa shape index (κ2) is 12.8. The summed E-state index contributed by atoms with van der Waals surface area (Å²) in [7, 11) is 0. The summed E-state index contributed by atoms with van der Waals surface area (Å²) in [6.07, 6.45) is 2.73. The molecule has 1 unspecified atom stereocenters. The largest absolute Gasteiger partial charge is 0.492 e. The standard InChI is InChI=1S/C30H28Cl2N6O3/c1-2-34-29(36-18-33)35-14-16-40-22-8-3-19(4-9-22)28-27-24(25-17-21(32)7-12-26(25)37-27)13-15-38(28)30(39)41-23-10-5-20(31)6-11-23/h2-12,17-18,28,37H,1,13-16H2,(H3,33,34,35,36). The quantitative estimate of drug-likeness (QED) is 0.137. The zero-order chi connectivity index (χ0) is 28.8. The Bertz CT molecular complexity index is 1600. The average molecular weight is 591 g/mol. The molecule has 0 saturated carbocycles. The normalized spacial score (nSPS) is 15.1. The highest BCUT2D eigenvalue weighted by molar-refractivity contribution is 6.31. The molecule has 9 nitrogen and oxygen atoms in total. The molecule has 0 aliphatic carbocycles. The number of halogens is 2. The molecule has 0 bridgehead atoms. The lowest BCUT2D eigenvalue weighted by Gasteiger charge is -2.35. The zero-order valence-corrected chi connectivity index (χ0v) is 23.5. The topological polar surface area (TPSA) is 117 Å². The first-order chi connectivity index (χ1) is 20.0. The van der Waals surface area contributed by atoms with Crippen LogP contribution in [0.15, 0.2) is 89.5 Å². The summed E-state index contributed by atoms with van der Waals surface area (Å²) in [5.41, 5.74) is 9.26. The molecule has 5 rings (SSSR count). The molecule has 41 heavy (non-hydrogen) atoms. The maximum atomic E-state index is 13.5. The van der Waals surface area contributed by atoms with Crippen LogP contribution in [0.3, 0.4) is 0 Å². The van der Waals surface area contributed by atoms with Gasteiger partial charge in [0, 0.05) is 39.4 Å². The van der Waals surface area contributed by atoms with E-state index in [1.807, 2.05) is 42.5 Å². The maximum Gasteiger partial charge on any atom is 0.416 e. The Hall–Kier alpha value is -4.47. The molecule has 0 fully saturated rings. The molecule has 0 radical (unpaired) electrons. The lowest BCUT2D eigenvalue weighted by Crippen LogP contribution is -2.42. The number of nitrogens with two attached hydrogens (primary N) is 1. The molecule has 4 N–H and O–H groups in total. The molecule has 1 aliphatic rings.